The first-order chi connectivity index (χ1) is 14.1. The molecule has 3 rings (SSSR count). The Balaban J connectivity index is 1.58. The molecule has 0 spiro atoms. The Bertz CT molecular complexity index is 922. The Kier molecular flexibility index (Phi) is 7.11. The number of hydrogen-bond donors (Lipinski definition) is 1. The average Bonchev–Trinajstić information content (AvgIpc) is 3.18. The highest BCUT2D eigenvalue weighted by atomic mass is 19.1. The summed E-state index contributed by atoms with van der Waals surface area (Å²) in [7, 11) is 0. The summed E-state index contributed by atoms with van der Waals surface area (Å²) in [5, 5.41) is 2.55. The number of alkyl halides is 1. The van der Waals surface area contributed by atoms with Crippen LogP contribution in [0.4, 0.5) is 4.39 Å². The number of carbonyl (C=O) groups excluding carboxylic acids is 2. The van der Waals surface area contributed by atoms with Crippen LogP contribution in [0, 0.1) is 0 Å². The fourth-order valence-electron chi connectivity index (χ4n) is 3.21. The molecule has 1 aromatic heterocycles. The highest BCUT2D eigenvalue weighted by Crippen LogP contribution is 2.17. The molecule has 6 heteroatoms. The number of oxazole rings is 1. The highest BCUT2D eigenvalue weighted by molar-refractivity contribution is 6.00. The summed E-state index contributed by atoms with van der Waals surface area (Å²) in [5.41, 5.74) is 2.18. The molecule has 3 aromatic rings. The number of aromatic nitrogens is 1. The van der Waals surface area contributed by atoms with Gasteiger partial charge in [-0.2, -0.15) is 0 Å². The molecule has 0 aliphatic heterocycles. The van der Waals surface area contributed by atoms with Gasteiger partial charge in [-0.05, 0) is 43.4 Å². The molecule has 1 heterocycles. The zero-order valence-electron chi connectivity index (χ0n) is 16.4. The summed E-state index contributed by atoms with van der Waals surface area (Å²) in [4.78, 5) is 29.2. The third-order valence-corrected chi connectivity index (χ3v) is 4.77. The molecule has 0 saturated carbocycles. The molecule has 0 aliphatic carbocycles. The van der Waals surface area contributed by atoms with Gasteiger partial charge in [-0.25, -0.2) is 9.37 Å². The van der Waals surface area contributed by atoms with Crippen LogP contribution in [0.25, 0.3) is 11.1 Å². The summed E-state index contributed by atoms with van der Waals surface area (Å²) in [6.07, 6.45) is 0.748. The van der Waals surface area contributed by atoms with Crippen molar-refractivity contribution in [1.82, 2.24) is 10.3 Å². The van der Waals surface area contributed by atoms with Crippen LogP contribution in [0.2, 0.25) is 0 Å². The second-order valence-corrected chi connectivity index (χ2v) is 7.05. The molecule has 0 bridgehead atoms. The number of amides is 1. The first-order valence-electron chi connectivity index (χ1n) is 9.96. The lowest BCUT2D eigenvalue weighted by molar-refractivity contribution is -0.126. The average molecular weight is 396 g/mol. The van der Waals surface area contributed by atoms with Crippen LogP contribution in [0.15, 0.2) is 59.0 Å². The Hall–Kier alpha value is -3.02. The SMILES string of the molecule is CCC[C@H](NC(=O)C(F)CCCc1ccccc1)C(=O)c1nc2ccccc2o1. The van der Waals surface area contributed by atoms with Crippen LogP contribution in [0.3, 0.4) is 0 Å². The number of nitrogens with one attached hydrogen (secondary N) is 1. The van der Waals surface area contributed by atoms with Gasteiger partial charge in [0.1, 0.15) is 5.52 Å². The third kappa shape index (κ3) is 5.50. The van der Waals surface area contributed by atoms with E-state index >= 15 is 0 Å². The van der Waals surface area contributed by atoms with Crippen molar-refractivity contribution in [3.8, 4) is 0 Å². The molecular weight excluding hydrogens is 371 g/mol. The van der Waals surface area contributed by atoms with Gasteiger partial charge in [0, 0.05) is 0 Å². The number of halogens is 1. The fraction of sp³-hybridized carbons (Fsp3) is 0.348. The molecule has 2 aromatic carbocycles. The molecule has 0 aliphatic rings. The number of nitrogens with zero attached hydrogens (tertiary/aromatic N) is 1. The van der Waals surface area contributed by atoms with Crippen molar-refractivity contribution in [3.05, 3.63) is 66.1 Å². The number of para-hydroxylation sites is 2. The second kappa shape index (κ2) is 9.96. The van der Waals surface area contributed by atoms with Crippen LogP contribution >= 0.6 is 0 Å². The Morgan fingerprint density at radius 2 is 1.79 bits per heavy atom. The smallest absolute Gasteiger partial charge is 0.266 e. The number of carbonyl (C=O) groups is 2. The zero-order valence-corrected chi connectivity index (χ0v) is 16.4. The number of rotatable bonds is 10. The van der Waals surface area contributed by atoms with Gasteiger partial charge in [-0.1, -0.05) is 55.8 Å². The normalized spacial score (nSPS) is 13.2. The molecule has 0 radical (unpaired) electrons. The van der Waals surface area contributed by atoms with E-state index in [1.54, 1.807) is 24.3 Å². The van der Waals surface area contributed by atoms with Crippen LogP contribution < -0.4 is 5.32 Å². The van der Waals surface area contributed by atoms with Crippen molar-refractivity contribution in [3.63, 3.8) is 0 Å². The van der Waals surface area contributed by atoms with Crippen molar-refractivity contribution in [2.24, 2.45) is 0 Å². The van der Waals surface area contributed by atoms with Crippen molar-refractivity contribution in [1.29, 1.82) is 0 Å². The molecule has 0 fully saturated rings. The largest absolute Gasteiger partial charge is 0.434 e. The van der Waals surface area contributed by atoms with E-state index in [-0.39, 0.29) is 12.3 Å². The van der Waals surface area contributed by atoms with Crippen molar-refractivity contribution in [2.45, 2.75) is 51.2 Å². The van der Waals surface area contributed by atoms with Gasteiger partial charge in [0.05, 0.1) is 6.04 Å². The third-order valence-electron chi connectivity index (χ3n) is 4.77. The molecule has 1 N–H and O–H groups in total. The number of hydrogen-bond acceptors (Lipinski definition) is 4. The maximum atomic E-state index is 14.4. The summed E-state index contributed by atoms with van der Waals surface area (Å²) in [6.45, 7) is 1.89. The predicted molar refractivity (Wildman–Crippen MR) is 109 cm³/mol. The summed E-state index contributed by atoms with van der Waals surface area (Å²) >= 11 is 0. The van der Waals surface area contributed by atoms with Gasteiger partial charge in [-0.15, -0.1) is 0 Å². The minimum atomic E-state index is -1.66. The minimum absolute atomic E-state index is 0.0653. The van der Waals surface area contributed by atoms with Crippen LogP contribution in [0.5, 0.6) is 0 Å². The van der Waals surface area contributed by atoms with E-state index in [0.29, 0.717) is 36.8 Å². The standard InChI is InChI=1S/C23H25FN2O3/c1-2-9-19(21(27)23-26-18-14-6-7-15-20(18)29-23)25-22(28)17(24)13-8-12-16-10-4-3-5-11-16/h3-7,10-11,14-15,17,19H,2,8-9,12-13H2,1H3,(H,25,28)/t17?,19-/m0/s1. The lowest BCUT2D eigenvalue weighted by Crippen LogP contribution is -2.44. The van der Waals surface area contributed by atoms with E-state index in [1.807, 2.05) is 37.3 Å². The van der Waals surface area contributed by atoms with E-state index < -0.39 is 23.9 Å². The minimum Gasteiger partial charge on any atom is -0.434 e. The van der Waals surface area contributed by atoms with Gasteiger partial charge in [0.15, 0.2) is 11.8 Å². The molecule has 29 heavy (non-hydrogen) atoms. The predicted octanol–water partition coefficient (Wildman–Crippen LogP) is 4.66. The van der Waals surface area contributed by atoms with Gasteiger partial charge in [0.2, 0.25) is 5.78 Å². The van der Waals surface area contributed by atoms with E-state index in [2.05, 4.69) is 10.3 Å². The Labute approximate surface area is 169 Å². The summed E-state index contributed by atoms with van der Waals surface area (Å²) < 4.78 is 19.9. The molecule has 2 atom stereocenters. The first kappa shape index (κ1) is 20.7. The number of benzene rings is 2. The second-order valence-electron chi connectivity index (χ2n) is 7.05. The maximum absolute atomic E-state index is 14.4. The summed E-state index contributed by atoms with van der Waals surface area (Å²) in [5.74, 6) is -1.27. The van der Waals surface area contributed by atoms with Gasteiger partial charge >= 0.3 is 0 Å². The lowest BCUT2D eigenvalue weighted by Gasteiger charge is -2.17. The Morgan fingerprint density at radius 3 is 2.52 bits per heavy atom. The summed E-state index contributed by atoms with van der Waals surface area (Å²) in [6, 6.07) is 15.9. The fourth-order valence-corrected chi connectivity index (χ4v) is 3.21. The Morgan fingerprint density at radius 1 is 1.07 bits per heavy atom. The number of ketones is 1. The quantitative estimate of drug-likeness (QED) is 0.506. The van der Waals surface area contributed by atoms with E-state index in [0.717, 1.165) is 5.56 Å². The van der Waals surface area contributed by atoms with E-state index in [9.17, 15) is 14.0 Å². The lowest BCUT2D eigenvalue weighted by atomic mass is 10.0. The first-order valence-corrected chi connectivity index (χ1v) is 9.96. The van der Waals surface area contributed by atoms with E-state index in [4.69, 9.17) is 4.42 Å². The van der Waals surface area contributed by atoms with Gasteiger partial charge in [0.25, 0.3) is 11.8 Å². The topological polar surface area (TPSA) is 72.2 Å². The highest BCUT2D eigenvalue weighted by Gasteiger charge is 2.28. The van der Waals surface area contributed by atoms with Crippen LogP contribution in [0.1, 0.15) is 48.9 Å². The zero-order chi connectivity index (χ0) is 20.6. The number of fused-ring (bicyclic) bond motifs is 1. The number of Topliss-reactive ketones (excluding diaryl/α,β-unsaturated/α-hetero) is 1. The van der Waals surface area contributed by atoms with Crippen molar-refractivity contribution >= 4 is 22.8 Å². The monoisotopic (exact) mass is 396 g/mol. The molecule has 0 saturated heterocycles. The van der Waals surface area contributed by atoms with Crippen molar-refractivity contribution < 1.29 is 18.4 Å². The molecule has 152 valence electrons. The number of aryl methyl sites for hydroxylation is 1. The van der Waals surface area contributed by atoms with Gasteiger partial charge < -0.3 is 9.73 Å². The van der Waals surface area contributed by atoms with Gasteiger partial charge in [-0.3, -0.25) is 9.59 Å². The van der Waals surface area contributed by atoms with Crippen molar-refractivity contribution in [2.75, 3.05) is 0 Å². The van der Waals surface area contributed by atoms with Crippen LogP contribution in [-0.2, 0) is 11.2 Å². The van der Waals surface area contributed by atoms with E-state index in [1.165, 1.54) is 0 Å². The molecule has 1 amide bonds. The molecule has 5 nitrogen and oxygen atoms in total. The molecule has 1 unspecified atom stereocenters. The van der Waals surface area contributed by atoms with Crippen LogP contribution in [-0.4, -0.2) is 28.9 Å². The molecular formula is C23H25FN2O3. The maximum Gasteiger partial charge on any atom is 0.266 e.